The number of aromatic nitrogens is 2. The van der Waals surface area contributed by atoms with E-state index in [1.54, 1.807) is 7.11 Å². The third-order valence-corrected chi connectivity index (χ3v) is 4.51. The van der Waals surface area contributed by atoms with Crippen molar-refractivity contribution in [3.8, 4) is 0 Å². The number of hydrogen-bond acceptors (Lipinski definition) is 5. The molecule has 1 saturated carbocycles. The van der Waals surface area contributed by atoms with Crippen molar-refractivity contribution in [2.45, 2.75) is 63.0 Å². The Morgan fingerprint density at radius 2 is 2.05 bits per heavy atom. The second-order valence-electron chi connectivity index (χ2n) is 5.72. The highest BCUT2D eigenvalue weighted by Gasteiger charge is 2.40. The molecular weight excluding hydrogens is 242 g/mol. The zero-order valence-corrected chi connectivity index (χ0v) is 11.7. The van der Waals surface area contributed by atoms with E-state index in [2.05, 4.69) is 15.5 Å². The third-order valence-electron chi connectivity index (χ3n) is 4.51. The second-order valence-corrected chi connectivity index (χ2v) is 5.72. The first-order valence-electron chi connectivity index (χ1n) is 7.47. The van der Waals surface area contributed by atoms with Crippen LogP contribution in [0.2, 0.25) is 0 Å². The molecule has 0 spiro atoms. The summed E-state index contributed by atoms with van der Waals surface area (Å²) < 4.78 is 11.2. The molecule has 1 atom stereocenters. The smallest absolute Gasteiger partial charge is 0.243 e. The van der Waals surface area contributed by atoms with Gasteiger partial charge in [0.1, 0.15) is 5.60 Å². The van der Waals surface area contributed by atoms with Crippen LogP contribution >= 0.6 is 0 Å². The van der Waals surface area contributed by atoms with Gasteiger partial charge in [-0.05, 0) is 45.1 Å². The minimum Gasteiger partial charge on any atom is -0.370 e. The van der Waals surface area contributed by atoms with E-state index in [4.69, 9.17) is 9.26 Å². The predicted molar refractivity (Wildman–Crippen MR) is 70.7 cm³/mol. The van der Waals surface area contributed by atoms with Crippen LogP contribution in [0.5, 0.6) is 0 Å². The van der Waals surface area contributed by atoms with Gasteiger partial charge in [-0.1, -0.05) is 18.0 Å². The molecule has 3 rings (SSSR count). The molecule has 106 valence electrons. The van der Waals surface area contributed by atoms with Gasteiger partial charge in [-0.25, -0.2) is 0 Å². The van der Waals surface area contributed by atoms with Crippen molar-refractivity contribution in [2.24, 2.45) is 0 Å². The number of methoxy groups -OCH3 is 1. The summed E-state index contributed by atoms with van der Waals surface area (Å²) in [5, 5.41) is 7.69. The normalized spacial score (nSPS) is 27.3. The Balaban J connectivity index is 1.78. The Morgan fingerprint density at radius 3 is 2.84 bits per heavy atom. The van der Waals surface area contributed by atoms with E-state index in [1.165, 1.54) is 32.1 Å². The predicted octanol–water partition coefficient (Wildman–Crippen LogP) is 2.69. The van der Waals surface area contributed by atoms with E-state index in [9.17, 15) is 0 Å². The van der Waals surface area contributed by atoms with Crippen LogP contribution in [-0.4, -0.2) is 23.8 Å². The van der Waals surface area contributed by atoms with Gasteiger partial charge in [0, 0.05) is 7.11 Å². The van der Waals surface area contributed by atoms with Crippen LogP contribution in [0, 0.1) is 0 Å². The van der Waals surface area contributed by atoms with E-state index in [1.807, 2.05) is 0 Å². The zero-order valence-electron chi connectivity index (χ0n) is 11.7. The molecule has 0 aromatic carbocycles. The minimum absolute atomic E-state index is 0.221. The molecule has 19 heavy (non-hydrogen) atoms. The Kier molecular flexibility index (Phi) is 3.84. The fraction of sp³-hybridized carbons (Fsp3) is 0.857. The van der Waals surface area contributed by atoms with Crippen molar-refractivity contribution in [2.75, 3.05) is 13.7 Å². The first-order chi connectivity index (χ1) is 9.34. The number of rotatable bonds is 3. The third kappa shape index (κ3) is 2.54. The van der Waals surface area contributed by atoms with Gasteiger partial charge in [-0.2, -0.15) is 4.98 Å². The first-order valence-corrected chi connectivity index (χ1v) is 7.47. The highest BCUT2D eigenvalue weighted by atomic mass is 16.5. The maximum Gasteiger partial charge on any atom is 0.243 e. The molecule has 1 aliphatic heterocycles. The number of ether oxygens (including phenoxy) is 1. The SMILES string of the molecule is COC1(c2noc(C3CCCCCN3)n2)CCCC1. The molecule has 0 radical (unpaired) electrons. The molecule has 5 nitrogen and oxygen atoms in total. The molecule has 1 N–H and O–H groups in total. The molecule has 0 bridgehead atoms. The Hall–Kier alpha value is -0.940. The summed E-state index contributed by atoms with van der Waals surface area (Å²) in [6.45, 7) is 1.04. The van der Waals surface area contributed by atoms with Gasteiger partial charge in [-0.15, -0.1) is 0 Å². The van der Waals surface area contributed by atoms with Gasteiger partial charge in [0.05, 0.1) is 6.04 Å². The lowest BCUT2D eigenvalue weighted by Crippen LogP contribution is -2.26. The Bertz CT molecular complexity index is 405. The average molecular weight is 265 g/mol. The lowest BCUT2D eigenvalue weighted by Gasteiger charge is -2.22. The van der Waals surface area contributed by atoms with Crippen molar-refractivity contribution < 1.29 is 9.26 Å². The van der Waals surface area contributed by atoms with Gasteiger partial charge in [-0.3, -0.25) is 0 Å². The Morgan fingerprint density at radius 1 is 1.21 bits per heavy atom. The molecule has 2 fully saturated rings. The number of hydrogen-bond donors (Lipinski definition) is 1. The van der Waals surface area contributed by atoms with Crippen molar-refractivity contribution >= 4 is 0 Å². The van der Waals surface area contributed by atoms with Crippen LogP contribution < -0.4 is 5.32 Å². The van der Waals surface area contributed by atoms with Gasteiger partial charge in [0.15, 0.2) is 0 Å². The van der Waals surface area contributed by atoms with Crippen LogP contribution in [0.25, 0.3) is 0 Å². The van der Waals surface area contributed by atoms with E-state index < -0.39 is 0 Å². The lowest BCUT2D eigenvalue weighted by molar-refractivity contribution is -0.0178. The van der Waals surface area contributed by atoms with E-state index in [-0.39, 0.29) is 11.6 Å². The summed E-state index contributed by atoms with van der Waals surface area (Å²) in [6.07, 6.45) is 9.19. The summed E-state index contributed by atoms with van der Waals surface area (Å²) in [6, 6.07) is 0.221. The van der Waals surface area contributed by atoms with E-state index in [0.29, 0.717) is 0 Å². The molecule has 1 saturated heterocycles. The molecule has 5 heteroatoms. The van der Waals surface area contributed by atoms with Gasteiger partial charge in [0.2, 0.25) is 11.7 Å². The molecule has 1 aromatic rings. The summed E-state index contributed by atoms with van der Waals surface area (Å²) in [4.78, 5) is 4.64. The molecular formula is C14H23N3O2. The monoisotopic (exact) mass is 265 g/mol. The molecule has 1 unspecified atom stereocenters. The topological polar surface area (TPSA) is 60.2 Å². The highest BCUT2D eigenvalue weighted by Crippen LogP contribution is 2.40. The van der Waals surface area contributed by atoms with Gasteiger partial charge < -0.3 is 14.6 Å². The van der Waals surface area contributed by atoms with Gasteiger partial charge >= 0.3 is 0 Å². The van der Waals surface area contributed by atoms with Crippen molar-refractivity contribution in [1.29, 1.82) is 0 Å². The van der Waals surface area contributed by atoms with E-state index in [0.717, 1.165) is 37.5 Å². The van der Waals surface area contributed by atoms with Crippen LogP contribution in [0.15, 0.2) is 4.52 Å². The standard InChI is InChI=1S/C14H23N3O2/c1-18-14(8-4-5-9-14)13-16-12(19-17-13)11-7-3-2-6-10-15-11/h11,15H,2-10H2,1H3. The minimum atomic E-state index is -0.299. The molecule has 1 aromatic heterocycles. The van der Waals surface area contributed by atoms with Crippen molar-refractivity contribution in [3.63, 3.8) is 0 Å². The average Bonchev–Trinajstić information content (AvgIpc) is 3.03. The van der Waals surface area contributed by atoms with E-state index >= 15 is 0 Å². The maximum absolute atomic E-state index is 5.70. The fourth-order valence-corrected chi connectivity index (χ4v) is 3.27. The number of nitrogens with zero attached hydrogens (tertiary/aromatic N) is 2. The Labute approximate surface area is 114 Å². The molecule has 2 aliphatic rings. The number of nitrogens with one attached hydrogen (secondary N) is 1. The zero-order chi connectivity index (χ0) is 13.1. The first kappa shape index (κ1) is 13.1. The van der Waals surface area contributed by atoms with Gasteiger partial charge in [0.25, 0.3) is 0 Å². The summed E-state index contributed by atoms with van der Waals surface area (Å²) in [5.74, 6) is 1.48. The van der Waals surface area contributed by atoms with Crippen LogP contribution in [0.1, 0.15) is 69.1 Å². The quantitative estimate of drug-likeness (QED) is 0.910. The molecule has 2 heterocycles. The molecule has 1 aliphatic carbocycles. The highest BCUT2D eigenvalue weighted by molar-refractivity contribution is 5.06. The van der Waals surface area contributed by atoms with Crippen molar-refractivity contribution in [3.05, 3.63) is 11.7 Å². The van der Waals surface area contributed by atoms with Crippen molar-refractivity contribution in [1.82, 2.24) is 15.5 Å². The fourth-order valence-electron chi connectivity index (χ4n) is 3.27. The summed E-state index contributed by atoms with van der Waals surface area (Å²) >= 11 is 0. The lowest BCUT2D eigenvalue weighted by atomic mass is 10.0. The largest absolute Gasteiger partial charge is 0.370 e. The maximum atomic E-state index is 5.70. The van der Waals surface area contributed by atoms with Crippen LogP contribution in [0.4, 0.5) is 0 Å². The summed E-state index contributed by atoms with van der Waals surface area (Å²) in [5.41, 5.74) is -0.299. The molecule has 0 amide bonds. The second kappa shape index (κ2) is 5.59. The van der Waals surface area contributed by atoms with Crippen LogP contribution in [0.3, 0.4) is 0 Å². The summed E-state index contributed by atoms with van der Waals surface area (Å²) in [7, 11) is 1.76. The van der Waals surface area contributed by atoms with Crippen LogP contribution in [-0.2, 0) is 10.3 Å².